The van der Waals surface area contributed by atoms with Gasteiger partial charge in [-0.1, -0.05) is 17.7 Å². The van der Waals surface area contributed by atoms with Gasteiger partial charge in [-0.3, -0.25) is 9.40 Å². The smallest absolute Gasteiger partial charge is 0.261 e. The number of sulfonamides is 1. The molecule has 5 nitrogen and oxygen atoms in total. The number of nitrogens with one attached hydrogen (secondary N) is 1. The van der Waals surface area contributed by atoms with Crippen molar-refractivity contribution >= 4 is 27.3 Å². The average molecular weight is 384 g/mol. The number of anilines is 1. The summed E-state index contributed by atoms with van der Waals surface area (Å²) >= 11 is 5.96. The number of rotatable bonds is 5. The Kier molecular flexibility index (Phi) is 4.73. The SMILES string of the molecule is O=S(=O)(Nc1cnn(Cc2ccc(F)cc2Cl)c1)c1ccc(F)cc1. The van der Waals surface area contributed by atoms with Crippen LogP contribution in [0.25, 0.3) is 0 Å². The number of hydrogen-bond donors (Lipinski definition) is 1. The lowest BCUT2D eigenvalue weighted by molar-refractivity contribution is 0.599. The molecule has 0 amide bonds. The number of benzene rings is 2. The maximum Gasteiger partial charge on any atom is 0.261 e. The van der Waals surface area contributed by atoms with Crippen LogP contribution in [0.2, 0.25) is 5.02 Å². The summed E-state index contributed by atoms with van der Waals surface area (Å²) in [5, 5.41) is 4.30. The number of aromatic nitrogens is 2. The molecule has 0 bridgehead atoms. The Bertz CT molecular complexity index is 1000. The fourth-order valence-corrected chi connectivity index (χ4v) is 3.41. The molecule has 0 saturated carbocycles. The molecule has 3 rings (SSSR count). The lowest BCUT2D eigenvalue weighted by Gasteiger charge is -2.06. The van der Waals surface area contributed by atoms with Crippen LogP contribution < -0.4 is 4.72 Å². The fourth-order valence-electron chi connectivity index (χ4n) is 2.16. The zero-order chi connectivity index (χ0) is 18.0. The molecule has 0 aliphatic rings. The summed E-state index contributed by atoms with van der Waals surface area (Å²) in [4.78, 5) is -0.0665. The highest BCUT2D eigenvalue weighted by Crippen LogP contribution is 2.20. The summed E-state index contributed by atoms with van der Waals surface area (Å²) in [6.07, 6.45) is 2.80. The van der Waals surface area contributed by atoms with Crippen molar-refractivity contribution in [3.63, 3.8) is 0 Å². The third-order valence-electron chi connectivity index (χ3n) is 3.36. The van der Waals surface area contributed by atoms with E-state index in [1.54, 1.807) is 0 Å². The van der Waals surface area contributed by atoms with Crippen LogP contribution in [0, 0.1) is 11.6 Å². The predicted molar refractivity (Wildman–Crippen MR) is 89.9 cm³/mol. The Morgan fingerprint density at radius 3 is 2.44 bits per heavy atom. The monoisotopic (exact) mass is 383 g/mol. The molecule has 25 heavy (non-hydrogen) atoms. The first kappa shape index (κ1) is 17.4. The van der Waals surface area contributed by atoms with E-state index in [0.717, 1.165) is 12.1 Å². The molecule has 9 heteroatoms. The Morgan fingerprint density at radius 1 is 1.08 bits per heavy atom. The van der Waals surface area contributed by atoms with Crippen molar-refractivity contribution in [1.82, 2.24) is 9.78 Å². The quantitative estimate of drug-likeness (QED) is 0.731. The molecular weight excluding hydrogens is 372 g/mol. The van der Waals surface area contributed by atoms with Gasteiger partial charge >= 0.3 is 0 Å². The van der Waals surface area contributed by atoms with Gasteiger partial charge in [-0.2, -0.15) is 5.10 Å². The Hall–Kier alpha value is -2.45. The van der Waals surface area contributed by atoms with Gasteiger partial charge in [-0.15, -0.1) is 0 Å². The second kappa shape index (κ2) is 6.81. The first-order valence-electron chi connectivity index (χ1n) is 7.08. The van der Waals surface area contributed by atoms with Gasteiger partial charge in [0.15, 0.2) is 0 Å². The largest absolute Gasteiger partial charge is 0.276 e. The number of hydrogen-bond acceptors (Lipinski definition) is 3. The Balaban J connectivity index is 1.76. The normalized spacial score (nSPS) is 11.5. The fraction of sp³-hybridized carbons (Fsp3) is 0.0625. The maximum atomic E-state index is 13.1. The summed E-state index contributed by atoms with van der Waals surface area (Å²) in [5.74, 6) is -0.968. The zero-order valence-electron chi connectivity index (χ0n) is 12.7. The van der Waals surface area contributed by atoms with E-state index in [4.69, 9.17) is 11.6 Å². The molecule has 2 aromatic carbocycles. The van der Waals surface area contributed by atoms with Gasteiger partial charge in [0.2, 0.25) is 0 Å². The zero-order valence-corrected chi connectivity index (χ0v) is 14.2. The van der Waals surface area contributed by atoms with Gasteiger partial charge in [-0.25, -0.2) is 17.2 Å². The van der Waals surface area contributed by atoms with Gasteiger partial charge in [0.05, 0.1) is 23.3 Å². The van der Waals surface area contributed by atoms with Crippen LogP contribution in [0.4, 0.5) is 14.5 Å². The van der Waals surface area contributed by atoms with Gasteiger partial charge in [0.25, 0.3) is 10.0 Å². The summed E-state index contributed by atoms with van der Waals surface area (Å²) in [6.45, 7) is 0.247. The highest BCUT2D eigenvalue weighted by Gasteiger charge is 2.15. The topological polar surface area (TPSA) is 64.0 Å². The molecule has 0 aliphatic carbocycles. The van der Waals surface area contributed by atoms with Crippen molar-refractivity contribution < 1.29 is 17.2 Å². The molecule has 130 valence electrons. The second-order valence-corrected chi connectivity index (χ2v) is 7.31. The Labute approximate surface area is 147 Å². The molecule has 0 fully saturated rings. The minimum Gasteiger partial charge on any atom is -0.276 e. The Morgan fingerprint density at radius 2 is 1.76 bits per heavy atom. The molecule has 0 atom stereocenters. The van der Waals surface area contributed by atoms with Crippen LogP contribution in [0.1, 0.15) is 5.56 Å². The van der Waals surface area contributed by atoms with E-state index in [1.807, 2.05) is 0 Å². The van der Waals surface area contributed by atoms with Crippen molar-refractivity contribution in [2.45, 2.75) is 11.4 Å². The molecule has 0 radical (unpaired) electrons. The van der Waals surface area contributed by atoms with Crippen LogP contribution in [0.5, 0.6) is 0 Å². The van der Waals surface area contributed by atoms with E-state index in [9.17, 15) is 17.2 Å². The number of halogens is 3. The molecule has 3 aromatic rings. The molecule has 0 aliphatic heterocycles. The van der Waals surface area contributed by atoms with Gasteiger partial charge < -0.3 is 0 Å². The molecular formula is C16H12ClF2N3O2S. The molecule has 0 spiro atoms. The first-order valence-corrected chi connectivity index (χ1v) is 8.94. The minimum absolute atomic E-state index is 0.0665. The van der Waals surface area contributed by atoms with Gasteiger partial charge in [0.1, 0.15) is 11.6 Å². The van der Waals surface area contributed by atoms with E-state index < -0.39 is 21.7 Å². The van der Waals surface area contributed by atoms with E-state index in [1.165, 1.54) is 47.4 Å². The van der Waals surface area contributed by atoms with Crippen molar-refractivity contribution in [3.8, 4) is 0 Å². The number of nitrogens with zero attached hydrogens (tertiary/aromatic N) is 2. The molecule has 0 saturated heterocycles. The van der Waals surface area contributed by atoms with E-state index in [0.29, 0.717) is 5.56 Å². The van der Waals surface area contributed by atoms with E-state index >= 15 is 0 Å². The lowest BCUT2D eigenvalue weighted by Crippen LogP contribution is -2.12. The average Bonchev–Trinajstić information content (AvgIpc) is 2.97. The maximum absolute atomic E-state index is 13.1. The van der Waals surface area contributed by atoms with Crippen molar-refractivity contribution in [2.75, 3.05) is 4.72 Å². The van der Waals surface area contributed by atoms with E-state index in [2.05, 4.69) is 9.82 Å². The van der Waals surface area contributed by atoms with Crippen molar-refractivity contribution in [3.05, 3.63) is 77.1 Å². The van der Waals surface area contributed by atoms with Crippen molar-refractivity contribution in [2.24, 2.45) is 0 Å². The van der Waals surface area contributed by atoms with Gasteiger partial charge in [0, 0.05) is 11.2 Å². The highest BCUT2D eigenvalue weighted by atomic mass is 35.5. The standard InChI is InChI=1S/C16H12ClF2N3O2S/c17-16-7-13(19)2-1-11(16)9-22-10-14(8-20-22)21-25(23,24)15-5-3-12(18)4-6-15/h1-8,10,21H,9H2. The summed E-state index contributed by atoms with van der Waals surface area (Å²) in [6, 6.07) is 8.47. The van der Waals surface area contributed by atoms with Crippen LogP contribution in [0.3, 0.4) is 0 Å². The molecule has 1 aromatic heterocycles. The van der Waals surface area contributed by atoms with E-state index in [-0.39, 0.29) is 22.2 Å². The van der Waals surface area contributed by atoms with Crippen LogP contribution >= 0.6 is 11.6 Å². The lowest BCUT2D eigenvalue weighted by atomic mass is 10.2. The molecule has 1 N–H and O–H groups in total. The van der Waals surface area contributed by atoms with Crippen LogP contribution in [-0.2, 0) is 16.6 Å². The minimum atomic E-state index is -3.85. The highest BCUT2D eigenvalue weighted by molar-refractivity contribution is 7.92. The molecule has 0 unspecified atom stereocenters. The summed E-state index contributed by atoms with van der Waals surface area (Å²) < 4.78 is 54.3. The summed E-state index contributed by atoms with van der Waals surface area (Å²) in [7, 11) is -3.85. The van der Waals surface area contributed by atoms with Crippen molar-refractivity contribution in [1.29, 1.82) is 0 Å². The first-order chi connectivity index (χ1) is 11.8. The third kappa shape index (κ3) is 4.15. The third-order valence-corrected chi connectivity index (χ3v) is 5.11. The van der Waals surface area contributed by atoms with Gasteiger partial charge in [-0.05, 0) is 42.0 Å². The summed E-state index contributed by atoms with van der Waals surface area (Å²) in [5.41, 5.74) is 0.877. The van der Waals surface area contributed by atoms with Crippen LogP contribution in [0.15, 0.2) is 59.8 Å². The second-order valence-electron chi connectivity index (χ2n) is 5.22. The molecule has 1 heterocycles. The van der Waals surface area contributed by atoms with Crippen LogP contribution in [-0.4, -0.2) is 18.2 Å². The predicted octanol–water partition coefficient (Wildman–Crippen LogP) is 3.66.